The molecule has 3 aromatic heterocycles. The fourth-order valence-corrected chi connectivity index (χ4v) is 9.14. The molecule has 3 nitrogen and oxygen atoms in total. The van der Waals surface area contributed by atoms with E-state index in [1.165, 1.54) is 47.5 Å². The Morgan fingerprint density at radius 1 is 0.423 bits per heavy atom. The number of fused-ring (bicyclic) bond motifs is 9. The third-order valence-corrected chi connectivity index (χ3v) is 11.5. The van der Waals surface area contributed by atoms with Crippen molar-refractivity contribution in [1.29, 1.82) is 0 Å². The van der Waals surface area contributed by atoms with E-state index in [1.54, 1.807) is 0 Å². The van der Waals surface area contributed by atoms with E-state index in [9.17, 15) is 0 Å². The van der Waals surface area contributed by atoms with E-state index in [2.05, 4.69) is 185 Å². The predicted octanol–water partition coefficient (Wildman–Crippen LogP) is 14.2. The van der Waals surface area contributed by atoms with Crippen molar-refractivity contribution in [1.82, 2.24) is 4.57 Å². The molecule has 52 heavy (non-hydrogen) atoms. The summed E-state index contributed by atoms with van der Waals surface area (Å²) in [5.41, 5.74) is 10.8. The number of hydrogen-bond donors (Lipinski definition) is 0. The van der Waals surface area contributed by atoms with Crippen LogP contribution in [0.5, 0.6) is 0 Å². The molecule has 4 heteroatoms. The first-order chi connectivity index (χ1) is 25.8. The number of aromatic nitrogens is 1. The van der Waals surface area contributed by atoms with Crippen molar-refractivity contribution in [3.05, 3.63) is 182 Å². The summed E-state index contributed by atoms with van der Waals surface area (Å²) in [5, 5.41) is 7.33. The third kappa shape index (κ3) is 4.45. The van der Waals surface area contributed by atoms with Gasteiger partial charge in [0.15, 0.2) is 5.58 Å². The SMILES string of the molecule is c1ccc(-n2c3ccccc3c3ccc(-c4ccc(N(c5ccc6c(c5)sc5ccccc56)c5cccc6c5oc5ccccc56)cc4)cc32)cc1. The van der Waals surface area contributed by atoms with Crippen LogP contribution in [0.25, 0.3) is 80.7 Å². The van der Waals surface area contributed by atoms with Crippen molar-refractivity contribution in [3.8, 4) is 16.8 Å². The van der Waals surface area contributed by atoms with Gasteiger partial charge in [0.1, 0.15) is 5.58 Å². The normalized spacial score (nSPS) is 11.8. The molecular formula is C48H30N2OS. The van der Waals surface area contributed by atoms with E-state index < -0.39 is 0 Å². The smallest absolute Gasteiger partial charge is 0.159 e. The van der Waals surface area contributed by atoms with Crippen LogP contribution in [0.2, 0.25) is 0 Å². The average molecular weight is 683 g/mol. The zero-order valence-electron chi connectivity index (χ0n) is 28.0. The van der Waals surface area contributed by atoms with Crippen LogP contribution < -0.4 is 4.90 Å². The maximum Gasteiger partial charge on any atom is 0.159 e. The summed E-state index contributed by atoms with van der Waals surface area (Å²) in [6.07, 6.45) is 0. The van der Waals surface area contributed by atoms with Crippen molar-refractivity contribution >= 4 is 92.3 Å². The van der Waals surface area contributed by atoms with Crippen LogP contribution in [0.3, 0.4) is 0 Å². The summed E-state index contributed by atoms with van der Waals surface area (Å²) in [6, 6.07) is 65.4. The van der Waals surface area contributed by atoms with Gasteiger partial charge in [-0.1, -0.05) is 115 Å². The van der Waals surface area contributed by atoms with E-state index in [0.29, 0.717) is 0 Å². The van der Waals surface area contributed by atoms with Gasteiger partial charge in [-0.25, -0.2) is 0 Å². The molecule has 0 bridgehead atoms. The van der Waals surface area contributed by atoms with Crippen LogP contribution >= 0.6 is 11.3 Å². The summed E-state index contributed by atoms with van der Waals surface area (Å²) in [7, 11) is 0. The minimum atomic E-state index is 0.878. The second-order valence-corrected chi connectivity index (χ2v) is 14.4. The molecule has 11 aromatic rings. The van der Waals surface area contributed by atoms with Crippen molar-refractivity contribution in [3.63, 3.8) is 0 Å². The van der Waals surface area contributed by atoms with Gasteiger partial charge in [-0.05, 0) is 77.9 Å². The molecular weight excluding hydrogens is 653 g/mol. The second kappa shape index (κ2) is 11.5. The van der Waals surface area contributed by atoms with Gasteiger partial charge in [0.2, 0.25) is 0 Å². The van der Waals surface area contributed by atoms with Gasteiger partial charge in [0.05, 0.1) is 16.7 Å². The summed E-state index contributed by atoms with van der Waals surface area (Å²) in [4.78, 5) is 2.34. The van der Waals surface area contributed by atoms with Crippen LogP contribution in [0.4, 0.5) is 17.1 Å². The minimum absolute atomic E-state index is 0.878. The molecule has 11 rings (SSSR count). The lowest BCUT2D eigenvalue weighted by atomic mass is 10.0. The van der Waals surface area contributed by atoms with Crippen molar-refractivity contribution in [2.75, 3.05) is 4.90 Å². The lowest BCUT2D eigenvalue weighted by molar-refractivity contribution is 0.669. The highest BCUT2D eigenvalue weighted by molar-refractivity contribution is 7.25. The highest BCUT2D eigenvalue weighted by Gasteiger charge is 2.21. The summed E-state index contributed by atoms with van der Waals surface area (Å²) >= 11 is 1.84. The van der Waals surface area contributed by atoms with Crippen molar-refractivity contribution in [2.45, 2.75) is 0 Å². The Kier molecular flexibility index (Phi) is 6.42. The minimum Gasteiger partial charge on any atom is -0.454 e. The van der Waals surface area contributed by atoms with Crippen molar-refractivity contribution in [2.24, 2.45) is 0 Å². The van der Waals surface area contributed by atoms with Gasteiger partial charge < -0.3 is 13.9 Å². The molecule has 0 radical (unpaired) electrons. The number of nitrogens with zero attached hydrogens (tertiary/aromatic N) is 2. The molecule has 0 N–H and O–H groups in total. The Morgan fingerprint density at radius 2 is 1.08 bits per heavy atom. The summed E-state index contributed by atoms with van der Waals surface area (Å²) < 4.78 is 11.5. The first-order valence-corrected chi connectivity index (χ1v) is 18.4. The Hall–Kier alpha value is -6.62. The zero-order valence-corrected chi connectivity index (χ0v) is 28.8. The van der Waals surface area contributed by atoms with Crippen LogP contribution in [0.1, 0.15) is 0 Å². The monoisotopic (exact) mass is 682 g/mol. The van der Waals surface area contributed by atoms with Gasteiger partial charge in [-0.3, -0.25) is 0 Å². The van der Waals surface area contributed by atoms with Crippen molar-refractivity contribution < 1.29 is 4.42 Å². The fourth-order valence-electron chi connectivity index (χ4n) is 8.00. The third-order valence-electron chi connectivity index (χ3n) is 10.4. The van der Waals surface area contributed by atoms with Gasteiger partial charge in [0, 0.05) is 58.8 Å². The van der Waals surface area contributed by atoms with Gasteiger partial charge in [-0.2, -0.15) is 0 Å². The molecule has 0 spiro atoms. The maximum atomic E-state index is 6.61. The summed E-state index contributed by atoms with van der Waals surface area (Å²) in [6.45, 7) is 0. The lowest BCUT2D eigenvalue weighted by Gasteiger charge is -2.26. The standard InChI is InChI=1S/C48H30N2OS/c1-2-11-33(12-3-1)50-42-17-7-4-13-36(42)37-27-23-32(29-44(37)50)31-21-24-34(25-22-31)49(35-26-28-40-39-15-6-9-20-46(39)52-47(40)30-35)43-18-10-16-41-38-14-5-8-19-45(38)51-48(41)43/h1-30H. The van der Waals surface area contributed by atoms with Crippen LogP contribution in [-0.4, -0.2) is 4.57 Å². The molecule has 0 aliphatic heterocycles. The summed E-state index contributed by atoms with van der Waals surface area (Å²) in [5.74, 6) is 0. The van der Waals surface area contributed by atoms with Gasteiger partial charge >= 0.3 is 0 Å². The fraction of sp³-hybridized carbons (Fsp3) is 0. The Bertz CT molecular complexity index is 3130. The number of furan rings is 1. The molecule has 8 aromatic carbocycles. The molecule has 0 atom stereocenters. The molecule has 0 saturated carbocycles. The quantitative estimate of drug-likeness (QED) is 0.180. The van der Waals surface area contributed by atoms with Crippen LogP contribution in [0.15, 0.2) is 186 Å². The zero-order chi connectivity index (χ0) is 34.2. The molecule has 0 amide bonds. The number of rotatable bonds is 5. The largest absolute Gasteiger partial charge is 0.454 e. The maximum absolute atomic E-state index is 6.61. The van der Waals surface area contributed by atoms with Gasteiger partial charge in [-0.15, -0.1) is 11.3 Å². The first-order valence-electron chi connectivity index (χ1n) is 17.6. The van der Waals surface area contributed by atoms with E-state index in [0.717, 1.165) is 50.3 Å². The molecule has 0 fully saturated rings. The molecule has 0 aliphatic carbocycles. The Morgan fingerprint density at radius 3 is 1.96 bits per heavy atom. The Balaban J connectivity index is 1.08. The van der Waals surface area contributed by atoms with Gasteiger partial charge in [0.25, 0.3) is 0 Å². The van der Waals surface area contributed by atoms with Crippen LogP contribution in [-0.2, 0) is 0 Å². The molecule has 0 aliphatic rings. The second-order valence-electron chi connectivity index (χ2n) is 13.3. The average Bonchev–Trinajstić information content (AvgIpc) is 3.88. The highest BCUT2D eigenvalue weighted by Crippen LogP contribution is 2.45. The number of para-hydroxylation sites is 4. The highest BCUT2D eigenvalue weighted by atomic mass is 32.1. The molecule has 3 heterocycles. The van der Waals surface area contributed by atoms with E-state index in [-0.39, 0.29) is 0 Å². The topological polar surface area (TPSA) is 21.3 Å². The first kappa shape index (κ1) is 29.1. The van der Waals surface area contributed by atoms with E-state index in [4.69, 9.17) is 4.42 Å². The number of thiophene rings is 1. The number of hydrogen-bond acceptors (Lipinski definition) is 3. The molecule has 0 unspecified atom stereocenters. The number of anilines is 3. The predicted molar refractivity (Wildman–Crippen MR) is 221 cm³/mol. The van der Waals surface area contributed by atoms with Crippen LogP contribution in [0, 0.1) is 0 Å². The van der Waals surface area contributed by atoms with E-state index in [1.807, 2.05) is 17.4 Å². The number of benzene rings is 8. The molecule has 0 saturated heterocycles. The Labute approximate surface area is 303 Å². The lowest BCUT2D eigenvalue weighted by Crippen LogP contribution is -2.10. The van der Waals surface area contributed by atoms with E-state index >= 15 is 0 Å². The molecule has 244 valence electrons.